The third kappa shape index (κ3) is 6.93. The first kappa shape index (κ1) is 25.5. The number of aromatic nitrogens is 1. The van der Waals surface area contributed by atoms with Crippen molar-refractivity contribution in [2.45, 2.75) is 57.5 Å². The van der Waals surface area contributed by atoms with Crippen LogP contribution in [-0.4, -0.2) is 48.1 Å². The van der Waals surface area contributed by atoms with Gasteiger partial charge in [0.2, 0.25) is 0 Å². The Hall–Kier alpha value is -3.14. The summed E-state index contributed by atoms with van der Waals surface area (Å²) in [7, 11) is 0. The number of piperidine rings is 1. The number of nitrogens with one attached hydrogen (secondary N) is 3. The van der Waals surface area contributed by atoms with Crippen molar-refractivity contribution in [3.63, 3.8) is 0 Å². The summed E-state index contributed by atoms with van der Waals surface area (Å²) in [5, 5.41) is 8.11. The van der Waals surface area contributed by atoms with Crippen molar-refractivity contribution in [3.8, 4) is 5.75 Å². The summed E-state index contributed by atoms with van der Waals surface area (Å²) in [6.07, 6.45) is -1.90. The van der Waals surface area contributed by atoms with Gasteiger partial charge in [-0.3, -0.25) is 9.59 Å². The highest BCUT2D eigenvalue weighted by atomic mass is 19.4. The first-order chi connectivity index (χ1) is 16.2. The molecule has 184 valence electrons. The molecule has 2 amide bonds. The van der Waals surface area contributed by atoms with Gasteiger partial charge in [0.25, 0.3) is 5.91 Å². The van der Waals surface area contributed by atoms with Gasteiger partial charge in [0.1, 0.15) is 17.5 Å². The molecule has 3 N–H and O–H groups in total. The second kappa shape index (κ2) is 11.3. The minimum atomic E-state index is -5.00. The Morgan fingerprint density at radius 3 is 2.50 bits per heavy atom. The third-order valence-electron chi connectivity index (χ3n) is 5.65. The van der Waals surface area contributed by atoms with E-state index in [4.69, 9.17) is 4.74 Å². The molecule has 0 aliphatic carbocycles. The molecule has 10 heteroatoms. The van der Waals surface area contributed by atoms with E-state index in [9.17, 15) is 22.8 Å². The molecular weight excluding hydrogens is 449 g/mol. The lowest BCUT2D eigenvalue weighted by Gasteiger charge is -2.27. The summed E-state index contributed by atoms with van der Waals surface area (Å²) < 4.78 is 44.3. The molecule has 1 aromatic carbocycles. The van der Waals surface area contributed by atoms with Gasteiger partial charge in [-0.25, -0.2) is 4.98 Å². The van der Waals surface area contributed by atoms with Gasteiger partial charge in [-0.05, 0) is 56.0 Å². The Labute approximate surface area is 196 Å². The van der Waals surface area contributed by atoms with Crippen LogP contribution >= 0.6 is 0 Å². The number of carbonyl (C=O) groups excluding carboxylic acids is 2. The molecule has 0 saturated carbocycles. The monoisotopic (exact) mass is 478 g/mol. The fraction of sp³-hybridized carbons (Fsp3) is 0.458. The molecule has 3 atom stereocenters. The van der Waals surface area contributed by atoms with Crippen molar-refractivity contribution in [3.05, 3.63) is 59.4 Å². The number of rotatable bonds is 8. The number of halogens is 3. The molecule has 1 fully saturated rings. The SMILES string of the molecule is CCc1ccc([C@@H](Oc2ccc(C(=O)N[C@H]3CCCNC3)nc2)[C@H](C)NC(=O)C(F)(F)F)cc1. The fourth-order valence-electron chi connectivity index (χ4n) is 3.73. The van der Waals surface area contributed by atoms with E-state index in [-0.39, 0.29) is 23.4 Å². The third-order valence-corrected chi connectivity index (χ3v) is 5.65. The van der Waals surface area contributed by atoms with Crippen LogP contribution in [0, 0.1) is 0 Å². The number of nitrogens with zero attached hydrogens (tertiary/aromatic N) is 1. The molecule has 0 radical (unpaired) electrons. The molecule has 2 heterocycles. The van der Waals surface area contributed by atoms with Crippen LogP contribution in [0.1, 0.15) is 54.4 Å². The van der Waals surface area contributed by atoms with Crippen LogP contribution < -0.4 is 20.7 Å². The maximum absolute atomic E-state index is 12.8. The molecule has 0 unspecified atom stereocenters. The number of pyridine rings is 1. The van der Waals surface area contributed by atoms with E-state index in [0.717, 1.165) is 31.4 Å². The molecule has 7 nitrogen and oxygen atoms in total. The van der Waals surface area contributed by atoms with Crippen molar-refractivity contribution < 1.29 is 27.5 Å². The number of alkyl halides is 3. The Kier molecular flexibility index (Phi) is 8.49. The standard InChI is InChI=1S/C24H29F3N4O3/c1-3-16-6-8-17(9-7-16)21(15(2)30-23(33)24(25,26)27)34-19-10-11-20(29-14-19)22(32)31-18-5-4-12-28-13-18/h6-11,14-15,18,21,28H,3-5,12-13H2,1-2H3,(H,30,33)(H,31,32)/t15-,18-,21-/m0/s1. The fourth-order valence-corrected chi connectivity index (χ4v) is 3.73. The molecule has 3 rings (SSSR count). The molecule has 1 aliphatic rings. The Balaban J connectivity index is 1.74. The first-order valence-electron chi connectivity index (χ1n) is 11.3. The van der Waals surface area contributed by atoms with E-state index < -0.39 is 24.2 Å². The summed E-state index contributed by atoms with van der Waals surface area (Å²) in [5.41, 5.74) is 1.86. The van der Waals surface area contributed by atoms with Crippen molar-refractivity contribution in [2.75, 3.05) is 13.1 Å². The quantitative estimate of drug-likeness (QED) is 0.542. The van der Waals surface area contributed by atoms with Gasteiger partial charge in [0.15, 0.2) is 0 Å². The molecule has 34 heavy (non-hydrogen) atoms. The molecule has 1 saturated heterocycles. The van der Waals surface area contributed by atoms with Gasteiger partial charge >= 0.3 is 12.1 Å². The van der Waals surface area contributed by atoms with Crippen LogP contribution in [0.5, 0.6) is 5.75 Å². The van der Waals surface area contributed by atoms with Crippen LogP contribution in [0.4, 0.5) is 13.2 Å². The van der Waals surface area contributed by atoms with Gasteiger partial charge in [-0.1, -0.05) is 31.2 Å². The second-order valence-electron chi connectivity index (χ2n) is 8.29. The highest BCUT2D eigenvalue weighted by Crippen LogP contribution is 2.26. The van der Waals surface area contributed by atoms with Crippen LogP contribution in [0.2, 0.25) is 0 Å². The Morgan fingerprint density at radius 2 is 1.94 bits per heavy atom. The summed E-state index contributed by atoms with van der Waals surface area (Å²) in [4.78, 5) is 28.1. The molecule has 1 aliphatic heterocycles. The van der Waals surface area contributed by atoms with Crippen LogP contribution in [0.3, 0.4) is 0 Å². The molecule has 0 spiro atoms. The zero-order chi connectivity index (χ0) is 24.7. The summed E-state index contributed by atoms with van der Waals surface area (Å²) in [5.74, 6) is -2.09. The largest absolute Gasteiger partial charge is 0.482 e. The number of ether oxygens (including phenoxy) is 1. The van der Waals surface area contributed by atoms with Gasteiger partial charge in [-0.15, -0.1) is 0 Å². The average Bonchev–Trinajstić information content (AvgIpc) is 2.83. The average molecular weight is 479 g/mol. The van der Waals surface area contributed by atoms with E-state index in [1.54, 1.807) is 12.1 Å². The number of hydrogen-bond donors (Lipinski definition) is 3. The van der Waals surface area contributed by atoms with Crippen LogP contribution in [-0.2, 0) is 11.2 Å². The molecular formula is C24H29F3N4O3. The summed E-state index contributed by atoms with van der Waals surface area (Å²) in [6, 6.07) is 9.30. The Bertz CT molecular complexity index is 959. The van der Waals surface area contributed by atoms with E-state index in [1.165, 1.54) is 25.3 Å². The number of benzene rings is 1. The topological polar surface area (TPSA) is 92.3 Å². The zero-order valence-corrected chi connectivity index (χ0v) is 19.1. The highest BCUT2D eigenvalue weighted by molar-refractivity contribution is 5.92. The lowest BCUT2D eigenvalue weighted by molar-refractivity contribution is -0.174. The maximum atomic E-state index is 12.8. The van der Waals surface area contributed by atoms with Crippen LogP contribution in [0.15, 0.2) is 42.6 Å². The van der Waals surface area contributed by atoms with Gasteiger partial charge < -0.3 is 20.7 Å². The van der Waals surface area contributed by atoms with Crippen molar-refractivity contribution in [1.82, 2.24) is 20.9 Å². The smallest absolute Gasteiger partial charge is 0.471 e. The molecule has 0 bridgehead atoms. The number of hydrogen-bond acceptors (Lipinski definition) is 5. The van der Waals surface area contributed by atoms with Gasteiger partial charge in [0, 0.05) is 12.6 Å². The first-order valence-corrected chi connectivity index (χ1v) is 11.3. The van der Waals surface area contributed by atoms with E-state index in [2.05, 4.69) is 15.6 Å². The van der Waals surface area contributed by atoms with Crippen molar-refractivity contribution in [1.29, 1.82) is 0 Å². The minimum Gasteiger partial charge on any atom is -0.482 e. The van der Waals surface area contributed by atoms with Crippen molar-refractivity contribution >= 4 is 11.8 Å². The lowest BCUT2D eigenvalue weighted by Crippen LogP contribution is -2.45. The number of aryl methyl sites for hydroxylation is 1. The summed E-state index contributed by atoms with van der Waals surface area (Å²) in [6.45, 7) is 5.06. The molecule has 1 aromatic heterocycles. The van der Waals surface area contributed by atoms with E-state index >= 15 is 0 Å². The highest BCUT2D eigenvalue weighted by Gasteiger charge is 2.40. The number of amides is 2. The van der Waals surface area contributed by atoms with Gasteiger partial charge in [0.05, 0.1) is 12.2 Å². The predicted molar refractivity (Wildman–Crippen MR) is 120 cm³/mol. The van der Waals surface area contributed by atoms with Crippen LogP contribution in [0.25, 0.3) is 0 Å². The number of carbonyl (C=O) groups is 2. The van der Waals surface area contributed by atoms with Crippen molar-refractivity contribution in [2.24, 2.45) is 0 Å². The van der Waals surface area contributed by atoms with Gasteiger partial charge in [-0.2, -0.15) is 13.2 Å². The normalized spacial score (nSPS) is 18.0. The lowest BCUT2D eigenvalue weighted by atomic mass is 10.0. The van der Waals surface area contributed by atoms with E-state index in [1.807, 2.05) is 24.4 Å². The molecule has 2 aromatic rings. The summed E-state index contributed by atoms with van der Waals surface area (Å²) >= 11 is 0. The predicted octanol–water partition coefficient (Wildman–Crippen LogP) is 3.31. The second-order valence-corrected chi connectivity index (χ2v) is 8.29. The maximum Gasteiger partial charge on any atom is 0.471 e. The minimum absolute atomic E-state index is 0.0348. The Morgan fingerprint density at radius 1 is 1.21 bits per heavy atom. The zero-order valence-electron chi connectivity index (χ0n) is 19.1. The van der Waals surface area contributed by atoms with E-state index in [0.29, 0.717) is 12.1 Å².